The molecular formula is C41H39MoN2OSi-2. The Morgan fingerprint density at radius 3 is 1.20 bits per heavy atom. The van der Waals surface area contributed by atoms with Gasteiger partial charge in [-0.2, -0.15) is 0 Å². The summed E-state index contributed by atoms with van der Waals surface area (Å²) in [5.41, 5.74) is 5.83. The third-order valence-corrected chi connectivity index (χ3v) is 11.5. The molecule has 7 rings (SSSR count). The van der Waals surface area contributed by atoms with Crippen LogP contribution in [0.25, 0.3) is 21.8 Å². The van der Waals surface area contributed by atoms with Crippen LogP contribution in [-0.2, 0) is 19.2 Å². The molecule has 0 amide bonds. The second kappa shape index (κ2) is 17.3. The zero-order chi connectivity index (χ0) is 30.8. The van der Waals surface area contributed by atoms with Crippen molar-refractivity contribution in [3.63, 3.8) is 0 Å². The monoisotopic (exact) mass is 701 g/mol. The maximum atomic E-state index is 11.6. The molecule has 2 aromatic heterocycles. The molecule has 0 radical (unpaired) electrons. The molecule has 0 saturated heterocycles. The number of nitrogens with zero attached hydrogens (tertiary/aromatic N) is 2. The summed E-state index contributed by atoms with van der Waals surface area (Å²) in [6, 6.07) is 48.4. The first-order valence-electron chi connectivity index (χ1n) is 14.4. The van der Waals surface area contributed by atoms with Crippen molar-refractivity contribution in [2.45, 2.75) is 13.8 Å². The molecule has 231 valence electrons. The van der Waals surface area contributed by atoms with E-state index >= 15 is 0 Å². The summed E-state index contributed by atoms with van der Waals surface area (Å²) in [6.45, 7) is 4.22. The summed E-state index contributed by atoms with van der Waals surface area (Å²) in [5.74, 6) is 0. The van der Waals surface area contributed by atoms with Gasteiger partial charge in [0.2, 0.25) is 0 Å². The van der Waals surface area contributed by atoms with E-state index in [0.717, 1.165) is 37.4 Å². The van der Waals surface area contributed by atoms with Gasteiger partial charge in [0.25, 0.3) is 8.32 Å². The van der Waals surface area contributed by atoms with E-state index in [1.165, 1.54) is 16.7 Å². The Bertz CT molecular complexity index is 1840. The minimum atomic E-state index is -2.88. The molecule has 5 aromatic carbocycles. The summed E-state index contributed by atoms with van der Waals surface area (Å²) in [4.78, 5) is 20.3. The van der Waals surface area contributed by atoms with Crippen molar-refractivity contribution in [2.75, 3.05) is 0 Å². The molecule has 0 atom stereocenters. The third-order valence-electron chi connectivity index (χ3n) is 7.50. The predicted molar refractivity (Wildman–Crippen MR) is 195 cm³/mol. The van der Waals surface area contributed by atoms with Gasteiger partial charge in [-0.15, -0.1) is 0 Å². The van der Waals surface area contributed by atoms with Gasteiger partial charge in [0.1, 0.15) is 0 Å². The molecule has 0 aliphatic heterocycles. The maximum absolute atomic E-state index is 11.6. The summed E-state index contributed by atoms with van der Waals surface area (Å²) in [7, 11) is -2.88. The van der Waals surface area contributed by atoms with Gasteiger partial charge in [0.05, 0.1) is 11.0 Å². The smallest absolute Gasteiger partial charge is 0.285 e. The molecule has 0 saturated carbocycles. The molecule has 5 heteroatoms. The number of fused-ring (bicyclic) bond motifs is 3. The van der Waals surface area contributed by atoms with Crippen LogP contribution in [0.15, 0.2) is 158 Å². The Kier molecular flexibility index (Phi) is 13.6. The average Bonchev–Trinajstić information content (AvgIpc) is 3.10. The van der Waals surface area contributed by atoms with E-state index in [-0.39, 0.29) is 14.9 Å². The number of pyridine rings is 2. The van der Waals surface area contributed by atoms with E-state index in [2.05, 4.69) is 70.5 Å². The van der Waals surface area contributed by atoms with E-state index in [0.29, 0.717) is 0 Å². The fourth-order valence-corrected chi connectivity index (χ4v) is 9.01. The molecule has 0 aliphatic rings. The van der Waals surface area contributed by atoms with E-state index in [1.807, 2.05) is 122 Å². The van der Waals surface area contributed by atoms with Crippen LogP contribution in [0.2, 0.25) is 0 Å². The number of hydrogen-bond acceptors (Lipinski definition) is 3. The summed E-state index contributed by atoms with van der Waals surface area (Å²) < 4.78 is 3.17. The van der Waals surface area contributed by atoms with Crippen LogP contribution in [0.4, 0.5) is 0 Å². The molecule has 1 N–H and O–H groups in total. The van der Waals surface area contributed by atoms with Gasteiger partial charge in [-0.3, -0.25) is 9.97 Å². The minimum absolute atomic E-state index is 0. The minimum Gasteiger partial charge on any atom is -0.421 e. The Balaban J connectivity index is 0.000000195. The number of rotatable bonds is 3. The average molecular weight is 700 g/mol. The topological polar surface area (TPSA) is 46.0 Å². The van der Waals surface area contributed by atoms with Gasteiger partial charge in [0.15, 0.2) is 0 Å². The standard InChI is InChI=1S/C18H16OSi.C12H8N2.C9H9.2CH3.Mo/c19-20(16-10-4-1-5-11-16,17-12-6-2-7-13-17)18-14-8-3-9-15-18;1-3-9-5-6-10-4-2-8-14-12(10)11(9)13-7-1;1-7-5-4-6-8(2)9(7)3;;;/h1-15,19H;1-8H;4-6H,1-2H3;2*1H3;/q;;;2*-1;. The SMILES string of the molecule is Cc1cccc(C)c1[C]#[Mo].O[Si](c1ccccc1)(c1ccccc1)c1ccccc1.[CH3-].[CH3-].c1cnc2c(c1)ccc1cccnc12. The molecule has 0 aliphatic carbocycles. The Hall–Kier alpha value is -4.43. The van der Waals surface area contributed by atoms with Crippen molar-refractivity contribution >= 4 is 45.7 Å². The number of aryl methyl sites for hydroxylation is 2. The number of aromatic nitrogens is 2. The van der Waals surface area contributed by atoms with Crippen molar-refractivity contribution in [3.05, 3.63) is 190 Å². The second-order valence-corrected chi connectivity index (χ2v) is 14.0. The second-order valence-electron chi connectivity index (χ2n) is 10.4. The molecule has 3 nitrogen and oxygen atoms in total. The molecule has 0 bridgehead atoms. The number of hydrogen-bond donors (Lipinski definition) is 1. The zero-order valence-corrected chi connectivity index (χ0v) is 29.8. The van der Waals surface area contributed by atoms with E-state index in [9.17, 15) is 4.80 Å². The van der Waals surface area contributed by atoms with E-state index < -0.39 is 8.32 Å². The zero-order valence-electron chi connectivity index (χ0n) is 26.8. The van der Waals surface area contributed by atoms with Crippen LogP contribution >= 0.6 is 0 Å². The van der Waals surface area contributed by atoms with Gasteiger partial charge >= 0.3 is 72.1 Å². The van der Waals surface area contributed by atoms with Crippen molar-refractivity contribution in [1.29, 1.82) is 0 Å². The van der Waals surface area contributed by atoms with Crippen LogP contribution < -0.4 is 15.6 Å². The van der Waals surface area contributed by atoms with Crippen LogP contribution in [0.1, 0.15) is 16.7 Å². The third kappa shape index (κ3) is 8.23. The van der Waals surface area contributed by atoms with Crippen LogP contribution in [-0.4, -0.2) is 23.1 Å². The number of benzene rings is 5. The van der Waals surface area contributed by atoms with Crippen LogP contribution in [0, 0.1) is 32.9 Å². The summed E-state index contributed by atoms with van der Waals surface area (Å²) >= 11 is 1.89. The first-order chi connectivity index (χ1) is 21.5. The molecule has 2 heterocycles. The first-order valence-corrected chi connectivity index (χ1v) is 17.4. The fourth-order valence-electron chi connectivity index (χ4n) is 5.19. The molecule has 0 unspecified atom stereocenters. The maximum Gasteiger partial charge on any atom is 0.285 e. The normalized spacial score (nSPS) is 10.1. The van der Waals surface area contributed by atoms with Gasteiger partial charge in [-0.25, -0.2) is 0 Å². The van der Waals surface area contributed by atoms with Crippen molar-refractivity contribution in [3.8, 4) is 4.20 Å². The van der Waals surface area contributed by atoms with Crippen LogP contribution in [0.3, 0.4) is 0 Å². The predicted octanol–water partition coefficient (Wildman–Crippen LogP) is 7.49. The molecule has 0 fully saturated rings. The van der Waals surface area contributed by atoms with Gasteiger partial charge < -0.3 is 19.6 Å². The summed E-state index contributed by atoms with van der Waals surface area (Å²) in [6.07, 6.45) is 3.60. The fraction of sp³-hybridized carbons (Fsp3) is 0.0488. The Labute approximate surface area is 285 Å². The van der Waals surface area contributed by atoms with Crippen molar-refractivity contribution in [1.82, 2.24) is 9.97 Å². The first kappa shape index (κ1) is 36.0. The van der Waals surface area contributed by atoms with Crippen molar-refractivity contribution < 1.29 is 23.9 Å². The van der Waals surface area contributed by atoms with E-state index in [1.54, 1.807) is 12.4 Å². The molecule has 0 spiro atoms. The quantitative estimate of drug-likeness (QED) is 0.0901. The Morgan fingerprint density at radius 2 is 0.870 bits per heavy atom. The van der Waals surface area contributed by atoms with Gasteiger partial charge in [0, 0.05) is 23.2 Å². The molecular weight excluding hydrogens is 660 g/mol. The van der Waals surface area contributed by atoms with Gasteiger partial charge in [-0.05, 0) is 27.7 Å². The van der Waals surface area contributed by atoms with E-state index in [4.69, 9.17) is 0 Å². The largest absolute Gasteiger partial charge is 0.421 e. The van der Waals surface area contributed by atoms with Crippen LogP contribution in [0.5, 0.6) is 0 Å². The molecule has 46 heavy (non-hydrogen) atoms. The van der Waals surface area contributed by atoms with Crippen molar-refractivity contribution in [2.24, 2.45) is 0 Å². The van der Waals surface area contributed by atoms with Gasteiger partial charge in [-0.1, -0.05) is 115 Å². The summed E-state index contributed by atoms with van der Waals surface area (Å²) in [5, 5.41) is 5.31. The molecule has 7 aromatic rings. The Morgan fingerprint density at radius 1 is 0.500 bits per heavy atom.